The molecule has 1 aromatic heterocycles. The fourth-order valence-electron chi connectivity index (χ4n) is 2.88. The Bertz CT molecular complexity index is 530. The van der Waals surface area contributed by atoms with Crippen LogP contribution in [0.15, 0.2) is 36.5 Å². The molecule has 0 amide bonds. The van der Waals surface area contributed by atoms with E-state index in [2.05, 4.69) is 29.4 Å². The Morgan fingerprint density at radius 1 is 1.28 bits per heavy atom. The lowest BCUT2D eigenvalue weighted by molar-refractivity contribution is 0.455. The van der Waals surface area contributed by atoms with Gasteiger partial charge in [0.2, 0.25) is 0 Å². The summed E-state index contributed by atoms with van der Waals surface area (Å²) in [5.41, 5.74) is 9.59. The molecule has 1 aliphatic rings. The van der Waals surface area contributed by atoms with Gasteiger partial charge in [0.15, 0.2) is 0 Å². The third-order valence-electron chi connectivity index (χ3n) is 3.81. The summed E-state index contributed by atoms with van der Waals surface area (Å²) in [6.45, 7) is 1.49. The molecule has 0 saturated carbocycles. The Hall–Kier alpha value is -1.61. The quantitative estimate of drug-likeness (QED) is 0.897. The molecule has 1 atom stereocenters. The second-order valence-electron chi connectivity index (χ2n) is 5.02. The van der Waals surface area contributed by atoms with Crippen LogP contribution in [0, 0.1) is 0 Å². The number of benzene rings is 1. The first-order valence-electron chi connectivity index (χ1n) is 6.67. The van der Waals surface area contributed by atoms with Crippen LogP contribution in [0.2, 0.25) is 0 Å². The first kappa shape index (κ1) is 11.5. The summed E-state index contributed by atoms with van der Waals surface area (Å²) >= 11 is 0. The van der Waals surface area contributed by atoms with Crippen LogP contribution in [0.1, 0.15) is 35.6 Å². The number of nitrogens with two attached hydrogens (primary N) is 1. The molecule has 2 N–H and O–H groups in total. The molecule has 0 saturated heterocycles. The van der Waals surface area contributed by atoms with E-state index in [1.807, 2.05) is 16.9 Å². The maximum Gasteiger partial charge on any atom is 0.0760 e. The van der Waals surface area contributed by atoms with E-state index in [4.69, 9.17) is 5.73 Å². The van der Waals surface area contributed by atoms with E-state index < -0.39 is 0 Å². The first-order chi connectivity index (χ1) is 8.86. The SMILES string of the molecule is NCc1ccn(CC2CCCc3ccccc32)n1. The summed E-state index contributed by atoms with van der Waals surface area (Å²) in [6.07, 6.45) is 5.81. The monoisotopic (exact) mass is 241 g/mol. The van der Waals surface area contributed by atoms with E-state index in [0.29, 0.717) is 12.5 Å². The highest BCUT2D eigenvalue weighted by Crippen LogP contribution is 2.32. The molecule has 1 aromatic carbocycles. The van der Waals surface area contributed by atoms with Crippen molar-refractivity contribution in [3.8, 4) is 0 Å². The molecule has 0 fully saturated rings. The maximum atomic E-state index is 5.60. The average Bonchev–Trinajstić information content (AvgIpc) is 2.87. The van der Waals surface area contributed by atoms with Crippen molar-refractivity contribution in [1.82, 2.24) is 9.78 Å². The lowest BCUT2D eigenvalue weighted by atomic mass is 9.83. The fourth-order valence-corrected chi connectivity index (χ4v) is 2.88. The molecule has 2 aromatic rings. The fraction of sp³-hybridized carbons (Fsp3) is 0.400. The van der Waals surface area contributed by atoms with Crippen molar-refractivity contribution in [2.45, 2.75) is 38.3 Å². The number of nitrogens with zero attached hydrogens (tertiary/aromatic N) is 2. The van der Waals surface area contributed by atoms with Crippen molar-refractivity contribution in [3.63, 3.8) is 0 Å². The Morgan fingerprint density at radius 3 is 3.00 bits per heavy atom. The van der Waals surface area contributed by atoms with Crippen molar-refractivity contribution in [2.75, 3.05) is 0 Å². The molecule has 3 nitrogen and oxygen atoms in total. The molecule has 0 aliphatic heterocycles. The predicted octanol–water partition coefficient (Wildman–Crippen LogP) is 2.46. The van der Waals surface area contributed by atoms with Gasteiger partial charge in [-0.25, -0.2) is 0 Å². The van der Waals surface area contributed by atoms with Crippen LogP contribution >= 0.6 is 0 Å². The minimum Gasteiger partial charge on any atom is -0.325 e. The van der Waals surface area contributed by atoms with Gasteiger partial charge in [-0.15, -0.1) is 0 Å². The molecular formula is C15H19N3. The van der Waals surface area contributed by atoms with Crippen molar-refractivity contribution < 1.29 is 0 Å². The van der Waals surface area contributed by atoms with Crippen molar-refractivity contribution in [3.05, 3.63) is 53.3 Å². The topological polar surface area (TPSA) is 43.8 Å². The highest BCUT2D eigenvalue weighted by atomic mass is 15.3. The van der Waals surface area contributed by atoms with Gasteiger partial charge in [-0.05, 0) is 36.5 Å². The summed E-state index contributed by atoms with van der Waals surface area (Å²) < 4.78 is 2.04. The van der Waals surface area contributed by atoms with Crippen LogP contribution in [0.4, 0.5) is 0 Å². The zero-order valence-corrected chi connectivity index (χ0v) is 10.5. The third-order valence-corrected chi connectivity index (χ3v) is 3.81. The summed E-state index contributed by atoms with van der Waals surface area (Å²) in [5, 5.41) is 4.49. The third kappa shape index (κ3) is 2.18. The number of hydrogen-bond acceptors (Lipinski definition) is 2. The van der Waals surface area contributed by atoms with Crippen molar-refractivity contribution >= 4 is 0 Å². The van der Waals surface area contributed by atoms with Gasteiger partial charge in [-0.1, -0.05) is 24.3 Å². The number of hydrogen-bond donors (Lipinski definition) is 1. The van der Waals surface area contributed by atoms with Crippen LogP contribution in [0.25, 0.3) is 0 Å². The van der Waals surface area contributed by atoms with Crippen molar-refractivity contribution in [2.24, 2.45) is 5.73 Å². The largest absolute Gasteiger partial charge is 0.325 e. The van der Waals surface area contributed by atoms with E-state index in [-0.39, 0.29) is 0 Å². The number of aryl methyl sites for hydroxylation is 1. The molecule has 94 valence electrons. The number of aromatic nitrogens is 2. The van der Waals surface area contributed by atoms with E-state index in [1.165, 1.54) is 30.4 Å². The molecule has 1 unspecified atom stereocenters. The molecular weight excluding hydrogens is 222 g/mol. The Labute approximate surface area is 108 Å². The van der Waals surface area contributed by atoms with Gasteiger partial charge in [0.05, 0.1) is 5.69 Å². The molecule has 3 heteroatoms. The van der Waals surface area contributed by atoms with Gasteiger partial charge < -0.3 is 5.73 Å². The summed E-state index contributed by atoms with van der Waals surface area (Å²) in [6, 6.07) is 10.8. The summed E-state index contributed by atoms with van der Waals surface area (Å²) in [7, 11) is 0. The number of fused-ring (bicyclic) bond motifs is 1. The molecule has 1 heterocycles. The highest BCUT2D eigenvalue weighted by molar-refractivity contribution is 5.32. The van der Waals surface area contributed by atoms with E-state index in [1.54, 1.807) is 0 Å². The van der Waals surface area contributed by atoms with Crippen LogP contribution in [-0.4, -0.2) is 9.78 Å². The summed E-state index contributed by atoms with van der Waals surface area (Å²) in [5.74, 6) is 0.598. The maximum absolute atomic E-state index is 5.60. The van der Waals surface area contributed by atoms with E-state index in [9.17, 15) is 0 Å². The standard InChI is InChI=1S/C15H19N3/c16-10-14-8-9-18(17-14)11-13-6-3-5-12-4-1-2-7-15(12)13/h1-2,4,7-9,13H,3,5-6,10-11,16H2. The molecule has 0 radical (unpaired) electrons. The highest BCUT2D eigenvalue weighted by Gasteiger charge is 2.20. The lowest BCUT2D eigenvalue weighted by Gasteiger charge is -2.25. The molecule has 1 aliphatic carbocycles. The first-order valence-corrected chi connectivity index (χ1v) is 6.67. The van der Waals surface area contributed by atoms with Gasteiger partial charge in [0.1, 0.15) is 0 Å². The minimum absolute atomic E-state index is 0.522. The zero-order chi connectivity index (χ0) is 12.4. The number of rotatable bonds is 3. The van der Waals surface area contributed by atoms with Gasteiger partial charge >= 0.3 is 0 Å². The van der Waals surface area contributed by atoms with Crippen molar-refractivity contribution in [1.29, 1.82) is 0 Å². The second-order valence-corrected chi connectivity index (χ2v) is 5.02. The van der Waals surface area contributed by atoms with Crippen LogP contribution in [0.5, 0.6) is 0 Å². The van der Waals surface area contributed by atoms with Crippen LogP contribution in [-0.2, 0) is 19.5 Å². The second kappa shape index (κ2) is 4.94. The summed E-state index contributed by atoms with van der Waals surface area (Å²) in [4.78, 5) is 0. The van der Waals surface area contributed by atoms with E-state index >= 15 is 0 Å². The van der Waals surface area contributed by atoms with Crippen LogP contribution < -0.4 is 5.73 Å². The predicted molar refractivity (Wildman–Crippen MR) is 72.2 cm³/mol. The minimum atomic E-state index is 0.522. The zero-order valence-electron chi connectivity index (χ0n) is 10.5. The smallest absolute Gasteiger partial charge is 0.0760 e. The van der Waals surface area contributed by atoms with Gasteiger partial charge in [-0.2, -0.15) is 5.10 Å². The van der Waals surface area contributed by atoms with Gasteiger partial charge in [0, 0.05) is 25.2 Å². The van der Waals surface area contributed by atoms with Crippen LogP contribution in [0.3, 0.4) is 0 Å². The molecule has 0 bridgehead atoms. The normalized spacial score (nSPS) is 18.6. The Kier molecular flexibility index (Phi) is 3.15. The molecule has 3 rings (SSSR count). The molecule has 18 heavy (non-hydrogen) atoms. The molecule has 0 spiro atoms. The average molecular weight is 241 g/mol. The van der Waals surface area contributed by atoms with E-state index in [0.717, 1.165) is 12.2 Å². The Morgan fingerprint density at radius 2 is 2.17 bits per heavy atom. The van der Waals surface area contributed by atoms with Gasteiger partial charge in [0.25, 0.3) is 0 Å². The Balaban J connectivity index is 1.81. The lowest BCUT2D eigenvalue weighted by Crippen LogP contribution is -2.16. The van der Waals surface area contributed by atoms with Gasteiger partial charge in [-0.3, -0.25) is 4.68 Å².